The SMILES string of the molecule is N#CC1CCCC2c3cccn3CCN12. The standard InChI is InChI=1S/C12H15N3/c13-9-10-3-1-4-12-11-5-2-6-14(11)7-8-15(10)12/h2,5-6,10,12H,1,3-4,7-8H2. The van der Waals surface area contributed by atoms with Gasteiger partial charge < -0.3 is 4.57 Å². The highest BCUT2D eigenvalue weighted by Gasteiger charge is 2.35. The van der Waals surface area contributed by atoms with Gasteiger partial charge >= 0.3 is 0 Å². The van der Waals surface area contributed by atoms with Crippen molar-refractivity contribution in [3.63, 3.8) is 0 Å². The largest absolute Gasteiger partial charge is 0.349 e. The number of hydrogen-bond donors (Lipinski definition) is 0. The summed E-state index contributed by atoms with van der Waals surface area (Å²) in [6.45, 7) is 2.07. The van der Waals surface area contributed by atoms with Crippen molar-refractivity contribution in [2.45, 2.75) is 37.9 Å². The fraction of sp³-hybridized carbons (Fsp3) is 0.583. The molecule has 0 saturated carbocycles. The summed E-state index contributed by atoms with van der Waals surface area (Å²) in [5, 5.41) is 9.13. The first-order valence-corrected chi connectivity index (χ1v) is 5.70. The maximum absolute atomic E-state index is 9.13. The van der Waals surface area contributed by atoms with Crippen LogP contribution in [0.3, 0.4) is 0 Å². The highest BCUT2D eigenvalue weighted by molar-refractivity contribution is 5.17. The lowest BCUT2D eigenvalue weighted by molar-refractivity contribution is 0.0832. The summed E-state index contributed by atoms with van der Waals surface area (Å²) < 4.78 is 2.33. The van der Waals surface area contributed by atoms with Gasteiger partial charge in [0, 0.05) is 25.0 Å². The van der Waals surface area contributed by atoms with E-state index in [1.54, 1.807) is 0 Å². The average Bonchev–Trinajstić information content (AvgIpc) is 2.76. The van der Waals surface area contributed by atoms with Gasteiger partial charge in [0.2, 0.25) is 0 Å². The normalized spacial score (nSPS) is 30.3. The number of piperidine rings is 1. The second kappa shape index (κ2) is 3.39. The fourth-order valence-electron chi connectivity index (χ4n) is 2.98. The molecule has 3 heteroatoms. The lowest BCUT2D eigenvalue weighted by atomic mass is 9.93. The van der Waals surface area contributed by atoms with Crippen LogP contribution in [-0.2, 0) is 6.54 Å². The molecule has 1 aromatic heterocycles. The first-order chi connectivity index (χ1) is 7.40. The number of aromatic nitrogens is 1. The zero-order valence-corrected chi connectivity index (χ0v) is 8.76. The van der Waals surface area contributed by atoms with Crippen LogP contribution in [0.4, 0.5) is 0 Å². The molecule has 0 spiro atoms. The Bertz CT molecular complexity index is 401. The summed E-state index contributed by atoms with van der Waals surface area (Å²) >= 11 is 0. The van der Waals surface area contributed by atoms with Gasteiger partial charge in [-0.05, 0) is 31.4 Å². The lowest BCUT2D eigenvalue weighted by Crippen LogP contribution is -2.46. The molecule has 0 radical (unpaired) electrons. The Morgan fingerprint density at radius 2 is 2.27 bits per heavy atom. The highest BCUT2D eigenvalue weighted by atomic mass is 15.3. The Morgan fingerprint density at radius 3 is 3.13 bits per heavy atom. The molecule has 2 atom stereocenters. The first-order valence-electron chi connectivity index (χ1n) is 5.70. The first kappa shape index (κ1) is 8.99. The molecule has 0 aliphatic carbocycles. The van der Waals surface area contributed by atoms with Crippen molar-refractivity contribution in [2.24, 2.45) is 0 Å². The molecule has 1 saturated heterocycles. The third kappa shape index (κ3) is 1.29. The molecule has 15 heavy (non-hydrogen) atoms. The van der Waals surface area contributed by atoms with Gasteiger partial charge in [-0.3, -0.25) is 4.90 Å². The second-order valence-corrected chi connectivity index (χ2v) is 4.46. The molecule has 0 aromatic carbocycles. The van der Waals surface area contributed by atoms with Crippen molar-refractivity contribution in [1.82, 2.24) is 9.47 Å². The van der Waals surface area contributed by atoms with Crippen molar-refractivity contribution < 1.29 is 0 Å². The molecule has 2 aliphatic heterocycles. The average molecular weight is 201 g/mol. The van der Waals surface area contributed by atoms with E-state index in [0.717, 1.165) is 19.5 Å². The van der Waals surface area contributed by atoms with E-state index in [-0.39, 0.29) is 6.04 Å². The van der Waals surface area contributed by atoms with Crippen LogP contribution in [0.25, 0.3) is 0 Å². The number of nitrogens with zero attached hydrogens (tertiary/aromatic N) is 3. The van der Waals surface area contributed by atoms with Crippen LogP contribution in [0.1, 0.15) is 31.0 Å². The number of fused-ring (bicyclic) bond motifs is 3. The Kier molecular flexibility index (Phi) is 2.03. The van der Waals surface area contributed by atoms with Gasteiger partial charge in [-0.15, -0.1) is 0 Å². The Balaban J connectivity index is 1.96. The van der Waals surface area contributed by atoms with Crippen molar-refractivity contribution in [1.29, 1.82) is 5.26 Å². The van der Waals surface area contributed by atoms with Crippen molar-refractivity contribution in [3.8, 4) is 6.07 Å². The molecule has 3 rings (SSSR count). The number of rotatable bonds is 0. The van der Waals surface area contributed by atoms with E-state index in [2.05, 4.69) is 33.9 Å². The smallest absolute Gasteiger partial charge is 0.0984 e. The van der Waals surface area contributed by atoms with Gasteiger partial charge in [0.15, 0.2) is 0 Å². The summed E-state index contributed by atoms with van der Waals surface area (Å²) in [5.74, 6) is 0. The maximum atomic E-state index is 9.13. The quantitative estimate of drug-likeness (QED) is 0.642. The van der Waals surface area contributed by atoms with E-state index in [1.807, 2.05) is 0 Å². The van der Waals surface area contributed by atoms with Crippen LogP contribution < -0.4 is 0 Å². The Labute approximate surface area is 89.9 Å². The fourth-order valence-corrected chi connectivity index (χ4v) is 2.98. The van der Waals surface area contributed by atoms with E-state index in [9.17, 15) is 0 Å². The Morgan fingerprint density at radius 1 is 1.33 bits per heavy atom. The van der Waals surface area contributed by atoms with Crippen LogP contribution in [0, 0.1) is 11.3 Å². The molecule has 2 unspecified atom stereocenters. The van der Waals surface area contributed by atoms with Crippen molar-refractivity contribution >= 4 is 0 Å². The van der Waals surface area contributed by atoms with Crippen molar-refractivity contribution in [2.75, 3.05) is 6.54 Å². The molecule has 0 bridgehead atoms. The molecule has 78 valence electrons. The summed E-state index contributed by atoms with van der Waals surface area (Å²) in [4.78, 5) is 2.39. The molecule has 1 fully saturated rings. The van der Waals surface area contributed by atoms with Gasteiger partial charge in [0.25, 0.3) is 0 Å². The molecule has 3 heterocycles. The van der Waals surface area contributed by atoms with Gasteiger partial charge in [0.05, 0.1) is 18.2 Å². The van der Waals surface area contributed by atoms with E-state index in [0.29, 0.717) is 6.04 Å². The van der Waals surface area contributed by atoms with E-state index < -0.39 is 0 Å². The zero-order valence-electron chi connectivity index (χ0n) is 8.76. The van der Waals surface area contributed by atoms with Gasteiger partial charge in [-0.1, -0.05) is 0 Å². The van der Waals surface area contributed by atoms with Crippen LogP contribution in [0.5, 0.6) is 0 Å². The predicted octanol–water partition coefficient (Wildman–Crippen LogP) is 1.92. The predicted molar refractivity (Wildman–Crippen MR) is 57.1 cm³/mol. The minimum Gasteiger partial charge on any atom is -0.349 e. The van der Waals surface area contributed by atoms with Crippen molar-refractivity contribution in [3.05, 3.63) is 24.0 Å². The molecule has 3 nitrogen and oxygen atoms in total. The Hall–Kier alpha value is -1.27. The third-order valence-corrected chi connectivity index (χ3v) is 3.71. The van der Waals surface area contributed by atoms with E-state index in [4.69, 9.17) is 5.26 Å². The van der Waals surface area contributed by atoms with Crippen LogP contribution in [0.2, 0.25) is 0 Å². The lowest BCUT2D eigenvalue weighted by Gasteiger charge is -2.42. The van der Waals surface area contributed by atoms with Crippen LogP contribution in [0.15, 0.2) is 18.3 Å². The highest BCUT2D eigenvalue weighted by Crippen LogP contribution is 2.36. The molecule has 0 amide bonds. The summed E-state index contributed by atoms with van der Waals surface area (Å²) in [6, 6.07) is 7.41. The molecular formula is C12H15N3. The van der Waals surface area contributed by atoms with Gasteiger partial charge in [0.1, 0.15) is 0 Å². The third-order valence-electron chi connectivity index (χ3n) is 3.71. The monoisotopic (exact) mass is 201 g/mol. The van der Waals surface area contributed by atoms with Crippen LogP contribution in [-0.4, -0.2) is 22.1 Å². The number of hydrogen-bond acceptors (Lipinski definition) is 2. The minimum atomic E-state index is 0.146. The molecule has 2 aliphatic rings. The summed E-state index contributed by atoms with van der Waals surface area (Å²) in [6.07, 6.45) is 5.60. The van der Waals surface area contributed by atoms with Crippen LogP contribution >= 0.6 is 0 Å². The zero-order chi connectivity index (χ0) is 10.3. The van der Waals surface area contributed by atoms with E-state index >= 15 is 0 Å². The van der Waals surface area contributed by atoms with Gasteiger partial charge in [-0.25, -0.2) is 0 Å². The van der Waals surface area contributed by atoms with Gasteiger partial charge in [-0.2, -0.15) is 5.26 Å². The number of nitriles is 1. The minimum absolute atomic E-state index is 0.146. The summed E-state index contributed by atoms with van der Waals surface area (Å²) in [5.41, 5.74) is 1.40. The van der Waals surface area contributed by atoms with E-state index in [1.165, 1.54) is 18.5 Å². The summed E-state index contributed by atoms with van der Waals surface area (Å²) in [7, 11) is 0. The topological polar surface area (TPSA) is 32.0 Å². The maximum Gasteiger partial charge on any atom is 0.0984 e. The molecular weight excluding hydrogens is 186 g/mol. The molecule has 0 N–H and O–H groups in total. The molecule has 1 aromatic rings. The second-order valence-electron chi connectivity index (χ2n) is 4.46.